The maximum Gasteiger partial charge on any atom is 0.123 e. The minimum absolute atomic E-state index is 0.195. The number of aliphatic hydroxyl groups is 1. The van der Waals surface area contributed by atoms with Crippen LogP contribution in [0.15, 0.2) is 0 Å². The van der Waals surface area contributed by atoms with Gasteiger partial charge < -0.3 is 9.90 Å². The number of unbranched alkanes of at least 4 members (excludes halogenated alkanes) is 3. The first kappa shape index (κ1) is 14.6. The lowest BCUT2D eigenvalue weighted by atomic mass is 9.96. The summed E-state index contributed by atoms with van der Waals surface area (Å²) in [6.45, 7) is 4.00. The van der Waals surface area contributed by atoms with Crippen molar-refractivity contribution in [3.8, 4) is 0 Å². The van der Waals surface area contributed by atoms with E-state index in [2.05, 4.69) is 6.92 Å². The molecule has 0 amide bonds. The molecule has 0 saturated heterocycles. The molecule has 0 radical (unpaired) electrons. The molecular formula is C13H26O2. The zero-order valence-electron chi connectivity index (χ0n) is 10.2. The second-order valence-corrected chi connectivity index (χ2v) is 4.53. The van der Waals surface area contributed by atoms with Gasteiger partial charge in [-0.25, -0.2) is 0 Å². The first-order valence-corrected chi connectivity index (χ1v) is 6.34. The van der Waals surface area contributed by atoms with E-state index in [4.69, 9.17) is 5.11 Å². The van der Waals surface area contributed by atoms with Crippen LogP contribution in [-0.4, -0.2) is 17.5 Å². The van der Waals surface area contributed by atoms with Crippen molar-refractivity contribution in [3.05, 3.63) is 0 Å². The Kier molecular flexibility index (Phi) is 9.91. The number of hydrogen-bond acceptors (Lipinski definition) is 2. The van der Waals surface area contributed by atoms with Crippen LogP contribution in [0, 0.1) is 5.92 Å². The van der Waals surface area contributed by atoms with Gasteiger partial charge in [0.05, 0.1) is 6.10 Å². The van der Waals surface area contributed by atoms with Crippen molar-refractivity contribution in [2.75, 3.05) is 0 Å². The molecule has 0 bridgehead atoms. The van der Waals surface area contributed by atoms with Crippen LogP contribution < -0.4 is 0 Å². The number of aldehydes is 1. The van der Waals surface area contributed by atoms with Gasteiger partial charge in [0.25, 0.3) is 0 Å². The predicted octanol–water partition coefficient (Wildman–Crippen LogP) is 3.32. The maximum absolute atomic E-state index is 10.8. The van der Waals surface area contributed by atoms with Crippen LogP contribution in [0.2, 0.25) is 0 Å². The summed E-state index contributed by atoms with van der Waals surface area (Å²) in [5.74, 6) is 0.255. The normalized spacial score (nSPS) is 14.9. The Hall–Kier alpha value is -0.370. The third-order valence-electron chi connectivity index (χ3n) is 2.82. The number of aliphatic hydroxyl groups excluding tert-OH is 1. The highest BCUT2D eigenvalue weighted by Gasteiger charge is 2.06. The lowest BCUT2D eigenvalue weighted by Crippen LogP contribution is -2.04. The third kappa shape index (κ3) is 9.92. The first-order valence-electron chi connectivity index (χ1n) is 6.34. The Labute approximate surface area is 94.1 Å². The molecule has 0 fully saturated rings. The number of hydrogen-bond donors (Lipinski definition) is 1. The van der Waals surface area contributed by atoms with E-state index < -0.39 is 0 Å². The largest absolute Gasteiger partial charge is 0.393 e. The number of carbonyl (C=O) groups excluding carboxylic acids is 1. The van der Waals surface area contributed by atoms with Crippen LogP contribution in [0.25, 0.3) is 0 Å². The van der Waals surface area contributed by atoms with Gasteiger partial charge in [0.15, 0.2) is 0 Å². The van der Waals surface area contributed by atoms with Crippen LogP contribution in [0.3, 0.4) is 0 Å². The van der Waals surface area contributed by atoms with E-state index in [1.807, 2.05) is 6.92 Å². The molecule has 0 saturated carbocycles. The fourth-order valence-electron chi connectivity index (χ4n) is 1.78. The molecule has 0 aromatic carbocycles. The fourth-order valence-corrected chi connectivity index (χ4v) is 1.78. The molecule has 0 aliphatic rings. The Bertz CT molecular complexity index is 143. The average molecular weight is 214 g/mol. The SMILES string of the molecule is CCCCCC(C=O)CCCCC(C)O. The molecule has 0 heterocycles. The van der Waals surface area contributed by atoms with Crippen LogP contribution in [0.4, 0.5) is 0 Å². The van der Waals surface area contributed by atoms with E-state index in [1.54, 1.807) is 0 Å². The van der Waals surface area contributed by atoms with E-state index >= 15 is 0 Å². The molecule has 15 heavy (non-hydrogen) atoms. The molecule has 90 valence electrons. The Balaban J connectivity index is 3.40. The third-order valence-corrected chi connectivity index (χ3v) is 2.82. The molecule has 2 heteroatoms. The van der Waals surface area contributed by atoms with Gasteiger partial charge in [-0.2, -0.15) is 0 Å². The van der Waals surface area contributed by atoms with Crippen LogP contribution in [0.1, 0.15) is 65.2 Å². The van der Waals surface area contributed by atoms with Gasteiger partial charge in [0, 0.05) is 5.92 Å². The average Bonchev–Trinajstić information content (AvgIpc) is 2.21. The minimum atomic E-state index is -0.195. The molecule has 0 rings (SSSR count). The fraction of sp³-hybridized carbons (Fsp3) is 0.923. The van der Waals surface area contributed by atoms with Gasteiger partial charge in [-0.3, -0.25) is 0 Å². The Morgan fingerprint density at radius 1 is 1.07 bits per heavy atom. The number of carbonyl (C=O) groups is 1. The second kappa shape index (κ2) is 10.2. The molecule has 0 aromatic rings. The van der Waals surface area contributed by atoms with Crippen LogP contribution in [0.5, 0.6) is 0 Å². The highest BCUT2D eigenvalue weighted by atomic mass is 16.3. The topological polar surface area (TPSA) is 37.3 Å². The predicted molar refractivity (Wildman–Crippen MR) is 63.8 cm³/mol. The minimum Gasteiger partial charge on any atom is -0.393 e. The quantitative estimate of drug-likeness (QED) is 0.447. The van der Waals surface area contributed by atoms with Crippen molar-refractivity contribution in [1.82, 2.24) is 0 Å². The van der Waals surface area contributed by atoms with Crippen molar-refractivity contribution < 1.29 is 9.90 Å². The zero-order valence-corrected chi connectivity index (χ0v) is 10.2. The molecule has 0 aromatic heterocycles. The standard InChI is InChI=1S/C13H26O2/c1-3-4-5-9-13(11-14)10-7-6-8-12(2)15/h11-13,15H,3-10H2,1-2H3. The first-order chi connectivity index (χ1) is 7.20. The lowest BCUT2D eigenvalue weighted by Gasteiger charge is -2.10. The summed E-state index contributed by atoms with van der Waals surface area (Å²) in [4.78, 5) is 10.8. The second-order valence-electron chi connectivity index (χ2n) is 4.53. The zero-order chi connectivity index (χ0) is 11.5. The van der Waals surface area contributed by atoms with Crippen LogP contribution in [-0.2, 0) is 4.79 Å². The molecule has 2 nitrogen and oxygen atoms in total. The number of rotatable bonds is 10. The summed E-state index contributed by atoms with van der Waals surface area (Å²) in [5, 5.41) is 9.08. The van der Waals surface area contributed by atoms with Crippen molar-refractivity contribution >= 4 is 6.29 Å². The van der Waals surface area contributed by atoms with E-state index in [0.717, 1.165) is 38.4 Å². The van der Waals surface area contributed by atoms with Crippen molar-refractivity contribution in [2.24, 2.45) is 5.92 Å². The summed E-state index contributed by atoms with van der Waals surface area (Å²) in [5.41, 5.74) is 0. The van der Waals surface area contributed by atoms with E-state index in [0.29, 0.717) is 0 Å². The summed E-state index contributed by atoms with van der Waals surface area (Å²) in [6.07, 6.45) is 9.56. The summed E-state index contributed by atoms with van der Waals surface area (Å²) in [7, 11) is 0. The molecular weight excluding hydrogens is 188 g/mol. The van der Waals surface area contributed by atoms with Gasteiger partial charge in [0.1, 0.15) is 6.29 Å². The molecule has 0 aliphatic heterocycles. The Morgan fingerprint density at radius 2 is 1.60 bits per heavy atom. The maximum atomic E-state index is 10.8. The molecule has 0 aliphatic carbocycles. The summed E-state index contributed by atoms with van der Waals surface area (Å²) >= 11 is 0. The van der Waals surface area contributed by atoms with Gasteiger partial charge in [0.2, 0.25) is 0 Å². The van der Waals surface area contributed by atoms with Crippen molar-refractivity contribution in [2.45, 2.75) is 71.3 Å². The van der Waals surface area contributed by atoms with Crippen molar-refractivity contribution in [1.29, 1.82) is 0 Å². The van der Waals surface area contributed by atoms with E-state index in [9.17, 15) is 4.79 Å². The smallest absolute Gasteiger partial charge is 0.123 e. The van der Waals surface area contributed by atoms with E-state index in [-0.39, 0.29) is 12.0 Å². The highest BCUT2D eigenvalue weighted by Crippen LogP contribution is 2.15. The van der Waals surface area contributed by atoms with Gasteiger partial charge in [-0.05, 0) is 26.2 Å². The Morgan fingerprint density at radius 3 is 2.07 bits per heavy atom. The molecule has 2 atom stereocenters. The summed E-state index contributed by atoms with van der Waals surface area (Å²) < 4.78 is 0. The van der Waals surface area contributed by atoms with Crippen LogP contribution >= 0.6 is 0 Å². The van der Waals surface area contributed by atoms with E-state index in [1.165, 1.54) is 19.3 Å². The van der Waals surface area contributed by atoms with Gasteiger partial charge in [-0.1, -0.05) is 39.0 Å². The van der Waals surface area contributed by atoms with Gasteiger partial charge >= 0.3 is 0 Å². The molecule has 2 unspecified atom stereocenters. The van der Waals surface area contributed by atoms with Gasteiger partial charge in [-0.15, -0.1) is 0 Å². The highest BCUT2D eigenvalue weighted by molar-refractivity contribution is 5.53. The molecule has 1 N–H and O–H groups in total. The monoisotopic (exact) mass is 214 g/mol. The molecule has 0 spiro atoms. The lowest BCUT2D eigenvalue weighted by molar-refractivity contribution is -0.111. The summed E-state index contributed by atoms with van der Waals surface area (Å²) in [6, 6.07) is 0. The van der Waals surface area contributed by atoms with Crippen molar-refractivity contribution in [3.63, 3.8) is 0 Å².